The van der Waals surface area contributed by atoms with E-state index in [-0.39, 0.29) is 22.7 Å². The molecule has 7 heteroatoms. The van der Waals surface area contributed by atoms with Crippen LogP contribution in [0.2, 0.25) is 0 Å². The maximum Gasteiger partial charge on any atom is 0.271 e. The molecule has 3 N–H and O–H groups in total. The number of benzene rings is 1. The van der Waals surface area contributed by atoms with Gasteiger partial charge in [0.25, 0.3) is 5.92 Å². The molecule has 0 spiro atoms. The van der Waals surface area contributed by atoms with Crippen LogP contribution in [-0.4, -0.2) is 24.4 Å². The monoisotopic (exact) mass is 283 g/mol. The number of aromatic nitrogens is 2. The van der Waals surface area contributed by atoms with Crippen LogP contribution >= 0.6 is 0 Å². The number of ether oxygens (including phenoxy) is 2. The zero-order chi connectivity index (χ0) is 14.9. The van der Waals surface area contributed by atoms with E-state index in [1.165, 1.54) is 32.4 Å². The van der Waals surface area contributed by atoms with E-state index in [1.807, 2.05) is 0 Å². The molecule has 0 aliphatic carbocycles. The largest absolute Gasteiger partial charge is 0.493 e. The van der Waals surface area contributed by atoms with Crippen molar-refractivity contribution in [1.29, 1.82) is 0 Å². The van der Waals surface area contributed by atoms with Crippen molar-refractivity contribution in [3.05, 3.63) is 23.8 Å². The van der Waals surface area contributed by atoms with Gasteiger partial charge in [-0.05, 0) is 12.1 Å². The SMILES string of the molecule is COc1cc(-c2cc(N)n[nH]2)c(C(C)(F)F)cc1OC. The van der Waals surface area contributed by atoms with Crippen molar-refractivity contribution >= 4 is 5.82 Å². The number of halogens is 2. The van der Waals surface area contributed by atoms with Gasteiger partial charge in [-0.2, -0.15) is 5.10 Å². The molecule has 1 aromatic carbocycles. The molecule has 2 aromatic rings. The van der Waals surface area contributed by atoms with Gasteiger partial charge in [-0.1, -0.05) is 0 Å². The third-order valence-corrected chi connectivity index (χ3v) is 2.88. The Kier molecular flexibility index (Phi) is 3.52. The summed E-state index contributed by atoms with van der Waals surface area (Å²) in [6, 6.07) is 4.21. The van der Waals surface area contributed by atoms with E-state index in [4.69, 9.17) is 15.2 Å². The number of aromatic amines is 1. The summed E-state index contributed by atoms with van der Waals surface area (Å²) in [7, 11) is 2.83. The lowest BCUT2D eigenvalue weighted by atomic mass is 9.99. The first-order chi connectivity index (χ1) is 9.36. The molecule has 0 saturated carbocycles. The number of hydrogen-bond donors (Lipinski definition) is 2. The first-order valence-electron chi connectivity index (χ1n) is 5.82. The lowest BCUT2D eigenvalue weighted by Gasteiger charge is -2.18. The van der Waals surface area contributed by atoms with Crippen LogP contribution in [0.15, 0.2) is 18.2 Å². The molecule has 0 amide bonds. The smallest absolute Gasteiger partial charge is 0.271 e. The summed E-state index contributed by atoms with van der Waals surface area (Å²) < 4.78 is 37.8. The Labute approximate surface area is 114 Å². The Morgan fingerprint density at radius 2 is 1.75 bits per heavy atom. The Morgan fingerprint density at radius 1 is 1.15 bits per heavy atom. The minimum Gasteiger partial charge on any atom is -0.493 e. The summed E-state index contributed by atoms with van der Waals surface area (Å²) in [4.78, 5) is 0. The number of H-pyrrole nitrogens is 1. The van der Waals surface area contributed by atoms with Gasteiger partial charge in [-0.15, -0.1) is 0 Å². The Bertz CT molecular complexity index is 621. The predicted octanol–water partition coefficient (Wildman–Crippen LogP) is 2.79. The minimum absolute atomic E-state index is 0.196. The molecule has 0 bridgehead atoms. The molecular formula is C13H15F2N3O2. The molecule has 0 aliphatic heterocycles. The molecule has 1 aromatic heterocycles. The van der Waals surface area contributed by atoms with Gasteiger partial charge < -0.3 is 15.2 Å². The number of nitrogens with two attached hydrogens (primary N) is 1. The van der Waals surface area contributed by atoms with E-state index >= 15 is 0 Å². The van der Waals surface area contributed by atoms with Gasteiger partial charge in [0.2, 0.25) is 0 Å². The number of methoxy groups -OCH3 is 2. The van der Waals surface area contributed by atoms with Crippen LogP contribution in [0.5, 0.6) is 11.5 Å². The molecule has 0 atom stereocenters. The number of alkyl halides is 2. The molecule has 2 rings (SSSR count). The summed E-state index contributed by atoms with van der Waals surface area (Å²) >= 11 is 0. The first kappa shape index (κ1) is 14.1. The van der Waals surface area contributed by atoms with Crippen LogP contribution in [0.1, 0.15) is 12.5 Å². The maximum atomic E-state index is 13.8. The predicted molar refractivity (Wildman–Crippen MR) is 71.1 cm³/mol. The van der Waals surface area contributed by atoms with Crippen molar-refractivity contribution in [3.8, 4) is 22.8 Å². The van der Waals surface area contributed by atoms with Crippen molar-refractivity contribution in [2.24, 2.45) is 0 Å². The van der Waals surface area contributed by atoms with Gasteiger partial charge in [0.15, 0.2) is 11.5 Å². The third-order valence-electron chi connectivity index (χ3n) is 2.88. The van der Waals surface area contributed by atoms with Crippen molar-refractivity contribution < 1.29 is 18.3 Å². The summed E-state index contributed by atoms with van der Waals surface area (Å²) in [5, 5.41) is 6.37. The van der Waals surface area contributed by atoms with Crippen LogP contribution < -0.4 is 15.2 Å². The molecule has 0 fully saturated rings. The molecule has 5 nitrogen and oxygen atoms in total. The van der Waals surface area contributed by atoms with Gasteiger partial charge in [-0.3, -0.25) is 5.10 Å². The highest BCUT2D eigenvalue weighted by atomic mass is 19.3. The van der Waals surface area contributed by atoms with E-state index in [0.717, 1.165) is 6.92 Å². The van der Waals surface area contributed by atoms with Crippen LogP contribution in [0.25, 0.3) is 11.3 Å². The fourth-order valence-electron chi connectivity index (χ4n) is 1.94. The van der Waals surface area contributed by atoms with E-state index in [1.54, 1.807) is 0 Å². The molecule has 0 radical (unpaired) electrons. The number of nitrogens with one attached hydrogen (secondary N) is 1. The van der Waals surface area contributed by atoms with Crippen molar-refractivity contribution in [2.75, 3.05) is 20.0 Å². The number of rotatable bonds is 4. The Balaban J connectivity index is 2.70. The van der Waals surface area contributed by atoms with E-state index in [2.05, 4.69) is 10.2 Å². The second-order valence-corrected chi connectivity index (χ2v) is 4.35. The summed E-state index contributed by atoms with van der Waals surface area (Å²) in [6.45, 7) is 0.817. The maximum absolute atomic E-state index is 13.8. The third kappa shape index (κ3) is 2.52. The zero-order valence-electron chi connectivity index (χ0n) is 11.3. The Hall–Kier alpha value is -2.31. The van der Waals surface area contributed by atoms with Gasteiger partial charge in [0.05, 0.1) is 19.9 Å². The summed E-state index contributed by atoms with van der Waals surface area (Å²) in [5.41, 5.74) is 5.97. The fraction of sp³-hybridized carbons (Fsp3) is 0.308. The quantitative estimate of drug-likeness (QED) is 0.905. The second kappa shape index (κ2) is 4.99. The second-order valence-electron chi connectivity index (χ2n) is 4.35. The normalized spacial score (nSPS) is 11.4. The zero-order valence-corrected chi connectivity index (χ0v) is 11.3. The van der Waals surface area contributed by atoms with Crippen LogP contribution in [0, 0.1) is 0 Å². The highest BCUT2D eigenvalue weighted by Gasteiger charge is 2.30. The van der Waals surface area contributed by atoms with Gasteiger partial charge in [0.1, 0.15) is 5.82 Å². The summed E-state index contributed by atoms with van der Waals surface area (Å²) in [5.74, 6) is -2.24. The fourth-order valence-corrected chi connectivity index (χ4v) is 1.94. The van der Waals surface area contributed by atoms with E-state index < -0.39 is 5.92 Å². The van der Waals surface area contributed by atoms with Crippen molar-refractivity contribution in [2.45, 2.75) is 12.8 Å². The van der Waals surface area contributed by atoms with Crippen LogP contribution in [0.3, 0.4) is 0 Å². The minimum atomic E-state index is -3.05. The van der Waals surface area contributed by atoms with Gasteiger partial charge in [-0.25, -0.2) is 8.78 Å². The number of nitrogens with zero attached hydrogens (tertiary/aromatic N) is 1. The molecule has 0 saturated heterocycles. The van der Waals surface area contributed by atoms with E-state index in [9.17, 15) is 8.78 Å². The molecule has 108 valence electrons. The van der Waals surface area contributed by atoms with Crippen molar-refractivity contribution in [1.82, 2.24) is 10.2 Å². The lowest BCUT2D eigenvalue weighted by Crippen LogP contribution is -2.10. The average molecular weight is 283 g/mol. The van der Waals surface area contributed by atoms with E-state index in [0.29, 0.717) is 11.4 Å². The average Bonchev–Trinajstić information content (AvgIpc) is 2.82. The highest BCUT2D eigenvalue weighted by molar-refractivity contribution is 5.71. The topological polar surface area (TPSA) is 73.2 Å². The first-order valence-corrected chi connectivity index (χ1v) is 5.82. The molecular weight excluding hydrogens is 268 g/mol. The van der Waals surface area contributed by atoms with Crippen LogP contribution in [-0.2, 0) is 5.92 Å². The molecule has 1 heterocycles. The highest BCUT2D eigenvalue weighted by Crippen LogP contribution is 2.42. The number of anilines is 1. The lowest BCUT2D eigenvalue weighted by molar-refractivity contribution is 0.0178. The van der Waals surface area contributed by atoms with Crippen molar-refractivity contribution in [3.63, 3.8) is 0 Å². The number of hydrogen-bond acceptors (Lipinski definition) is 4. The summed E-state index contributed by atoms with van der Waals surface area (Å²) in [6.07, 6.45) is 0. The standard InChI is InChI=1S/C13H15F2N3O2/c1-13(14,15)8-5-11(20-3)10(19-2)4-7(8)9-6-12(16)18-17-9/h4-6H,1-3H3,(H3,16,17,18). The molecule has 0 unspecified atom stereocenters. The Morgan fingerprint density at radius 3 is 2.20 bits per heavy atom. The van der Waals surface area contributed by atoms with Gasteiger partial charge in [0, 0.05) is 24.1 Å². The van der Waals surface area contributed by atoms with Gasteiger partial charge >= 0.3 is 0 Å². The number of nitrogen functional groups attached to an aromatic ring is 1. The molecule has 0 aliphatic rings. The molecule has 20 heavy (non-hydrogen) atoms. The van der Waals surface area contributed by atoms with Crippen LogP contribution in [0.4, 0.5) is 14.6 Å².